The van der Waals surface area contributed by atoms with Crippen LogP contribution in [0.1, 0.15) is 17.2 Å². The van der Waals surface area contributed by atoms with E-state index in [1.54, 1.807) is 30.3 Å². The number of hydrogen-bond acceptors (Lipinski definition) is 4. The first-order valence-corrected chi connectivity index (χ1v) is 6.88. The number of halogens is 2. The molecule has 0 radical (unpaired) electrons. The Hall–Kier alpha value is -1.62. The van der Waals surface area contributed by atoms with E-state index < -0.39 is 6.10 Å². The SMILES string of the molecule is COc1cc(Cl)cc(C(O)c2cc(Cl)ccc2N)c1OC. The summed E-state index contributed by atoms with van der Waals surface area (Å²) in [5.41, 5.74) is 7.26. The number of benzene rings is 2. The molecule has 4 nitrogen and oxygen atoms in total. The third kappa shape index (κ3) is 3.18. The topological polar surface area (TPSA) is 64.7 Å². The monoisotopic (exact) mass is 327 g/mol. The Balaban J connectivity index is 2.59. The minimum Gasteiger partial charge on any atom is -0.493 e. The molecule has 21 heavy (non-hydrogen) atoms. The molecule has 2 rings (SSSR count). The fraction of sp³-hybridized carbons (Fsp3) is 0.200. The molecule has 2 aromatic rings. The van der Waals surface area contributed by atoms with Gasteiger partial charge in [-0.1, -0.05) is 23.2 Å². The van der Waals surface area contributed by atoms with Crippen molar-refractivity contribution in [3.63, 3.8) is 0 Å². The van der Waals surface area contributed by atoms with Crippen LogP contribution in [0.15, 0.2) is 30.3 Å². The summed E-state index contributed by atoms with van der Waals surface area (Å²) in [6, 6.07) is 8.11. The number of ether oxygens (including phenoxy) is 2. The maximum atomic E-state index is 10.6. The Morgan fingerprint density at radius 1 is 1.00 bits per heavy atom. The van der Waals surface area contributed by atoms with Gasteiger partial charge in [0.2, 0.25) is 0 Å². The van der Waals surface area contributed by atoms with E-state index in [9.17, 15) is 5.11 Å². The van der Waals surface area contributed by atoms with Crippen LogP contribution in [-0.4, -0.2) is 19.3 Å². The molecule has 0 heterocycles. The molecule has 6 heteroatoms. The number of nitrogens with two attached hydrogens (primary N) is 1. The van der Waals surface area contributed by atoms with Crippen LogP contribution in [-0.2, 0) is 0 Å². The molecule has 1 unspecified atom stereocenters. The molecule has 0 saturated carbocycles. The number of aliphatic hydroxyl groups excluding tert-OH is 1. The van der Waals surface area contributed by atoms with Crippen molar-refractivity contribution in [3.8, 4) is 11.5 Å². The molecule has 0 spiro atoms. The highest BCUT2D eigenvalue weighted by atomic mass is 35.5. The molecule has 0 aliphatic heterocycles. The first-order chi connectivity index (χ1) is 9.97. The second kappa shape index (κ2) is 6.43. The van der Waals surface area contributed by atoms with Gasteiger partial charge >= 0.3 is 0 Å². The minimum atomic E-state index is -1.04. The summed E-state index contributed by atoms with van der Waals surface area (Å²) in [6.45, 7) is 0. The fourth-order valence-electron chi connectivity index (χ4n) is 2.11. The lowest BCUT2D eigenvalue weighted by Gasteiger charge is -2.19. The zero-order chi connectivity index (χ0) is 15.6. The van der Waals surface area contributed by atoms with Crippen molar-refractivity contribution in [3.05, 3.63) is 51.5 Å². The van der Waals surface area contributed by atoms with Gasteiger partial charge in [-0.2, -0.15) is 0 Å². The molecule has 0 aliphatic rings. The summed E-state index contributed by atoms with van der Waals surface area (Å²) in [5.74, 6) is 0.827. The highest BCUT2D eigenvalue weighted by Crippen LogP contribution is 2.41. The average molecular weight is 328 g/mol. The van der Waals surface area contributed by atoms with Crippen molar-refractivity contribution < 1.29 is 14.6 Å². The summed E-state index contributed by atoms with van der Waals surface area (Å²) in [7, 11) is 2.99. The summed E-state index contributed by atoms with van der Waals surface area (Å²) in [4.78, 5) is 0. The van der Waals surface area contributed by atoms with Gasteiger partial charge < -0.3 is 20.3 Å². The van der Waals surface area contributed by atoms with Crippen LogP contribution in [0.5, 0.6) is 11.5 Å². The van der Waals surface area contributed by atoms with Crippen LogP contribution in [0.3, 0.4) is 0 Å². The smallest absolute Gasteiger partial charge is 0.166 e. The van der Waals surface area contributed by atoms with Crippen LogP contribution < -0.4 is 15.2 Å². The van der Waals surface area contributed by atoms with Crippen molar-refractivity contribution in [1.29, 1.82) is 0 Å². The maximum absolute atomic E-state index is 10.6. The van der Waals surface area contributed by atoms with Gasteiger partial charge in [-0.15, -0.1) is 0 Å². The van der Waals surface area contributed by atoms with Gasteiger partial charge in [-0.05, 0) is 24.3 Å². The molecule has 1 atom stereocenters. The van der Waals surface area contributed by atoms with Gasteiger partial charge in [0.15, 0.2) is 11.5 Å². The normalized spacial score (nSPS) is 12.0. The van der Waals surface area contributed by atoms with Crippen LogP contribution in [0.4, 0.5) is 5.69 Å². The number of hydrogen-bond donors (Lipinski definition) is 2. The third-order valence-electron chi connectivity index (χ3n) is 3.11. The standard InChI is InChI=1S/C15H15Cl2NO3/c1-20-13-7-9(17)6-11(15(13)21-2)14(19)10-5-8(16)3-4-12(10)18/h3-7,14,19H,18H2,1-2H3. The van der Waals surface area contributed by atoms with Crippen molar-refractivity contribution >= 4 is 28.9 Å². The van der Waals surface area contributed by atoms with Crippen molar-refractivity contribution in [2.24, 2.45) is 0 Å². The van der Waals surface area contributed by atoms with Crippen LogP contribution >= 0.6 is 23.2 Å². The van der Waals surface area contributed by atoms with E-state index in [0.29, 0.717) is 38.4 Å². The predicted molar refractivity (Wildman–Crippen MR) is 84.5 cm³/mol. The minimum absolute atomic E-state index is 0.397. The Labute approximate surface area is 133 Å². The Kier molecular flexibility index (Phi) is 4.83. The molecule has 0 bridgehead atoms. The average Bonchev–Trinajstić information content (AvgIpc) is 2.48. The van der Waals surface area contributed by atoms with E-state index in [0.717, 1.165) is 0 Å². The molecule has 0 aliphatic carbocycles. The van der Waals surface area contributed by atoms with Crippen molar-refractivity contribution in [1.82, 2.24) is 0 Å². The fourth-order valence-corrected chi connectivity index (χ4v) is 2.51. The van der Waals surface area contributed by atoms with E-state index >= 15 is 0 Å². The highest BCUT2D eigenvalue weighted by Gasteiger charge is 2.22. The van der Waals surface area contributed by atoms with E-state index in [2.05, 4.69) is 0 Å². The van der Waals surface area contributed by atoms with Crippen LogP contribution in [0.25, 0.3) is 0 Å². The van der Waals surface area contributed by atoms with Gasteiger partial charge in [0.25, 0.3) is 0 Å². The van der Waals surface area contributed by atoms with Crippen molar-refractivity contribution in [2.75, 3.05) is 20.0 Å². The van der Waals surface area contributed by atoms with E-state index in [1.807, 2.05) is 0 Å². The number of anilines is 1. The Morgan fingerprint density at radius 3 is 2.29 bits per heavy atom. The lowest BCUT2D eigenvalue weighted by Crippen LogP contribution is -2.06. The second-order valence-corrected chi connectivity index (χ2v) is 5.28. The molecule has 112 valence electrons. The van der Waals surface area contributed by atoms with Gasteiger partial charge in [-0.25, -0.2) is 0 Å². The number of rotatable bonds is 4. The van der Waals surface area contributed by atoms with Gasteiger partial charge in [0.1, 0.15) is 6.10 Å². The number of aliphatic hydroxyl groups is 1. The molecular weight excluding hydrogens is 313 g/mol. The van der Waals surface area contributed by atoms with E-state index in [-0.39, 0.29) is 0 Å². The molecule has 3 N–H and O–H groups in total. The quantitative estimate of drug-likeness (QED) is 0.841. The maximum Gasteiger partial charge on any atom is 0.166 e. The first kappa shape index (κ1) is 15.8. The summed E-state index contributed by atoms with van der Waals surface area (Å²) in [5, 5.41) is 11.5. The largest absolute Gasteiger partial charge is 0.493 e. The second-order valence-electron chi connectivity index (χ2n) is 4.41. The molecule has 2 aromatic carbocycles. The lowest BCUT2D eigenvalue weighted by atomic mass is 9.98. The Morgan fingerprint density at radius 2 is 1.67 bits per heavy atom. The molecule has 0 saturated heterocycles. The molecule has 0 aromatic heterocycles. The molecular formula is C15H15Cl2NO3. The number of nitrogen functional groups attached to an aromatic ring is 1. The number of methoxy groups -OCH3 is 2. The van der Waals surface area contributed by atoms with Gasteiger partial charge in [0.05, 0.1) is 14.2 Å². The van der Waals surface area contributed by atoms with Crippen LogP contribution in [0, 0.1) is 0 Å². The zero-order valence-electron chi connectivity index (χ0n) is 11.6. The summed E-state index contributed by atoms with van der Waals surface area (Å²) < 4.78 is 10.5. The first-order valence-electron chi connectivity index (χ1n) is 6.12. The zero-order valence-corrected chi connectivity index (χ0v) is 13.1. The van der Waals surface area contributed by atoms with Crippen molar-refractivity contribution in [2.45, 2.75) is 6.10 Å². The molecule has 0 amide bonds. The van der Waals surface area contributed by atoms with E-state index in [1.165, 1.54) is 14.2 Å². The Bertz CT molecular complexity index is 662. The van der Waals surface area contributed by atoms with Gasteiger partial charge in [-0.3, -0.25) is 0 Å². The molecule has 0 fully saturated rings. The summed E-state index contributed by atoms with van der Waals surface area (Å²) in [6.07, 6.45) is -1.04. The van der Waals surface area contributed by atoms with Crippen LogP contribution in [0.2, 0.25) is 10.0 Å². The highest BCUT2D eigenvalue weighted by molar-refractivity contribution is 6.31. The van der Waals surface area contributed by atoms with E-state index in [4.69, 9.17) is 38.4 Å². The van der Waals surface area contributed by atoms with Gasteiger partial charge in [0, 0.05) is 32.9 Å². The third-order valence-corrected chi connectivity index (χ3v) is 3.56. The predicted octanol–water partition coefficient (Wildman–Crippen LogP) is 3.67. The lowest BCUT2D eigenvalue weighted by molar-refractivity contribution is 0.214. The summed E-state index contributed by atoms with van der Waals surface area (Å²) >= 11 is 12.0.